The Kier molecular flexibility index (Phi) is 7.53. The molecule has 3 heterocycles. The topological polar surface area (TPSA) is 116 Å². The van der Waals surface area contributed by atoms with Gasteiger partial charge in [0.2, 0.25) is 5.91 Å². The summed E-state index contributed by atoms with van der Waals surface area (Å²) in [5.74, 6) is 1.12. The molecule has 1 saturated carbocycles. The van der Waals surface area contributed by atoms with Gasteiger partial charge < -0.3 is 25.6 Å². The van der Waals surface area contributed by atoms with Gasteiger partial charge in [-0.1, -0.05) is 18.2 Å². The molecule has 0 bridgehead atoms. The maximum absolute atomic E-state index is 13.6. The number of rotatable bonds is 8. The van der Waals surface area contributed by atoms with Crippen LogP contribution in [0.3, 0.4) is 0 Å². The predicted octanol–water partition coefficient (Wildman–Crippen LogP) is 5.41. The first-order valence-corrected chi connectivity index (χ1v) is 14.7. The zero-order valence-corrected chi connectivity index (χ0v) is 24.5. The number of carbonyl (C=O) groups excluding carboxylic acids is 3. The first kappa shape index (κ1) is 27.7. The molecule has 42 heavy (non-hydrogen) atoms. The van der Waals surface area contributed by atoms with Crippen molar-refractivity contribution < 1.29 is 19.1 Å². The number of thiophene rings is 1. The van der Waals surface area contributed by atoms with Crippen LogP contribution < -0.4 is 25.6 Å². The standard InChI is InChI=1S/C31H32N6O4S/c1-18-15-22(41-21-7-5-4-6-8-21)11-12-23(18)37-24-13-14-32-30-26(24)27(35-31(37)40)28(42-30)29(39)34-20-10-9-19(16-20)33-25(38)17-36(2)3/h4-8,11-15,19-20H,9-10,16-17H2,1-3H3,(H,33,38)(H,34,39)(H,35,40)/t19?,20-/m0/s1. The summed E-state index contributed by atoms with van der Waals surface area (Å²) in [5.41, 5.74) is 2.70. The van der Waals surface area contributed by atoms with Crippen molar-refractivity contribution >= 4 is 56.5 Å². The number of aromatic nitrogens is 1. The monoisotopic (exact) mass is 584 g/mol. The van der Waals surface area contributed by atoms with Gasteiger partial charge in [0.25, 0.3) is 5.91 Å². The molecule has 1 aliphatic heterocycles. The molecule has 2 atom stereocenters. The average Bonchev–Trinajstić information content (AvgIpc) is 3.54. The van der Waals surface area contributed by atoms with Gasteiger partial charge in [0.05, 0.1) is 29.0 Å². The van der Waals surface area contributed by atoms with E-state index >= 15 is 0 Å². The second-order valence-electron chi connectivity index (χ2n) is 10.9. The third-order valence-corrected chi connectivity index (χ3v) is 8.53. The van der Waals surface area contributed by atoms with Crippen LogP contribution in [0.25, 0.3) is 10.2 Å². The highest BCUT2D eigenvalue weighted by atomic mass is 32.1. The number of likely N-dealkylation sites (N-methyl/N-ethyl adjacent to an activating group) is 1. The fraction of sp³-hybridized carbons (Fsp3) is 0.290. The highest BCUT2D eigenvalue weighted by Gasteiger charge is 2.34. The summed E-state index contributed by atoms with van der Waals surface area (Å²) >= 11 is 1.26. The van der Waals surface area contributed by atoms with Crippen LogP contribution in [0.4, 0.5) is 21.9 Å². The van der Waals surface area contributed by atoms with E-state index in [9.17, 15) is 14.4 Å². The molecular weight excluding hydrogens is 552 g/mol. The molecule has 11 heteroatoms. The number of carbonyl (C=O) groups is 3. The van der Waals surface area contributed by atoms with Gasteiger partial charge in [-0.05, 0) is 82.2 Å². The summed E-state index contributed by atoms with van der Waals surface area (Å²) in [6.07, 6.45) is 3.89. The third-order valence-electron chi connectivity index (χ3n) is 7.43. The molecule has 1 aliphatic carbocycles. The minimum atomic E-state index is -0.355. The Hall–Kier alpha value is -4.48. The summed E-state index contributed by atoms with van der Waals surface area (Å²) in [4.78, 5) is 48.2. The van der Waals surface area contributed by atoms with Crippen molar-refractivity contribution in [2.24, 2.45) is 0 Å². The lowest BCUT2D eigenvalue weighted by Gasteiger charge is -2.29. The zero-order valence-electron chi connectivity index (χ0n) is 23.6. The lowest BCUT2D eigenvalue weighted by Crippen LogP contribution is -2.40. The Labute approximate surface area is 247 Å². The van der Waals surface area contributed by atoms with E-state index in [0.29, 0.717) is 45.5 Å². The third kappa shape index (κ3) is 5.53. The number of nitrogens with zero attached hydrogens (tertiary/aromatic N) is 3. The number of hydrogen-bond acceptors (Lipinski definition) is 7. The molecule has 2 aromatic carbocycles. The van der Waals surface area contributed by atoms with Crippen molar-refractivity contribution in [2.75, 3.05) is 30.9 Å². The second kappa shape index (κ2) is 11.4. The van der Waals surface area contributed by atoms with E-state index in [4.69, 9.17) is 4.74 Å². The molecule has 3 N–H and O–H groups in total. The number of nitrogens with one attached hydrogen (secondary N) is 3. The first-order chi connectivity index (χ1) is 20.3. The Morgan fingerprint density at radius 3 is 2.55 bits per heavy atom. The van der Waals surface area contributed by atoms with Crippen molar-refractivity contribution in [1.29, 1.82) is 0 Å². The molecule has 6 rings (SSSR count). The molecule has 0 saturated heterocycles. The van der Waals surface area contributed by atoms with E-state index in [2.05, 4.69) is 20.9 Å². The van der Waals surface area contributed by atoms with Crippen LogP contribution >= 0.6 is 11.3 Å². The maximum atomic E-state index is 13.6. The fourth-order valence-corrected chi connectivity index (χ4v) is 6.63. The number of aryl methyl sites for hydroxylation is 1. The van der Waals surface area contributed by atoms with Crippen LogP contribution in [-0.2, 0) is 4.79 Å². The van der Waals surface area contributed by atoms with Crippen LogP contribution in [0.2, 0.25) is 0 Å². The van der Waals surface area contributed by atoms with Gasteiger partial charge in [0.1, 0.15) is 21.2 Å². The number of amides is 4. The normalized spacial score (nSPS) is 17.8. The second-order valence-corrected chi connectivity index (χ2v) is 11.9. The van der Waals surface area contributed by atoms with Gasteiger partial charge in [0, 0.05) is 18.3 Å². The minimum Gasteiger partial charge on any atom is -0.457 e. The lowest BCUT2D eigenvalue weighted by atomic mass is 10.1. The maximum Gasteiger partial charge on any atom is 0.331 e. The number of ether oxygens (including phenoxy) is 1. The smallest absolute Gasteiger partial charge is 0.331 e. The van der Waals surface area contributed by atoms with Crippen molar-refractivity contribution in [3.63, 3.8) is 0 Å². The quantitative estimate of drug-likeness (QED) is 0.255. The zero-order chi connectivity index (χ0) is 29.4. The molecule has 2 aromatic heterocycles. The number of para-hydroxylation sites is 1. The van der Waals surface area contributed by atoms with Crippen molar-refractivity contribution in [1.82, 2.24) is 20.5 Å². The van der Waals surface area contributed by atoms with E-state index in [1.165, 1.54) is 11.3 Å². The van der Waals surface area contributed by atoms with Crippen molar-refractivity contribution in [2.45, 2.75) is 38.3 Å². The predicted molar refractivity (Wildman–Crippen MR) is 164 cm³/mol. The molecule has 2 aliphatic rings. The molecule has 1 fully saturated rings. The van der Waals surface area contributed by atoms with Crippen LogP contribution in [0.15, 0.2) is 60.8 Å². The van der Waals surface area contributed by atoms with Gasteiger partial charge in [0.15, 0.2) is 0 Å². The first-order valence-electron chi connectivity index (χ1n) is 13.9. The van der Waals surface area contributed by atoms with Crippen LogP contribution in [0, 0.1) is 6.92 Å². The number of urea groups is 1. The molecule has 1 unspecified atom stereocenters. The summed E-state index contributed by atoms with van der Waals surface area (Å²) in [6.45, 7) is 2.26. The van der Waals surface area contributed by atoms with E-state index in [0.717, 1.165) is 29.5 Å². The minimum absolute atomic E-state index is 0.0228. The van der Waals surface area contributed by atoms with Crippen LogP contribution in [0.5, 0.6) is 11.5 Å². The van der Waals surface area contributed by atoms with E-state index in [1.807, 2.05) is 74.4 Å². The molecular formula is C31H32N6O4S. The Balaban J connectivity index is 1.22. The van der Waals surface area contributed by atoms with Crippen LogP contribution in [-0.4, -0.2) is 60.5 Å². The van der Waals surface area contributed by atoms with Crippen LogP contribution in [0.1, 0.15) is 34.5 Å². The Morgan fingerprint density at radius 2 is 1.81 bits per heavy atom. The molecule has 10 nitrogen and oxygen atoms in total. The number of pyridine rings is 1. The largest absolute Gasteiger partial charge is 0.457 e. The summed E-state index contributed by atoms with van der Waals surface area (Å²) in [7, 11) is 3.71. The Bertz CT molecular complexity index is 1670. The van der Waals surface area contributed by atoms with Crippen molar-refractivity contribution in [3.8, 4) is 11.5 Å². The number of benzene rings is 2. The van der Waals surface area contributed by atoms with Gasteiger partial charge in [-0.25, -0.2) is 9.78 Å². The van der Waals surface area contributed by atoms with Gasteiger partial charge >= 0.3 is 6.03 Å². The van der Waals surface area contributed by atoms with Crippen molar-refractivity contribution in [3.05, 3.63) is 71.2 Å². The average molecular weight is 585 g/mol. The SMILES string of the molecule is Cc1cc(Oc2ccccc2)ccc1N1C(=O)Nc2c(C(=O)N[C@H]3CCC(NC(=O)CN(C)C)C3)sc3nccc1c23. The highest BCUT2D eigenvalue weighted by Crippen LogP contribution is 2.46. The Morgan fingerprint density at radius 1 is 1.05 bits per heavy atom. The molecule has 216 valence electrons. The highest BCUT2D eigenvalue weighted by molar-refractivity contribution is 7.21. The molecule has 4 aromatic rings. The number of anilines is 3. The van der Waals surface area contributed by atoms with E-state index in [1.54, 1.807) is 17.2 Å². The molecule has 4 amide bonds. The molecule has 0 spiro atoms. The van der Waals surface area contributed by atoms with Gasteiger partial charge in [-0.3, -0.25) is 14.5 Å². The fourth-order valence-electron chi connectivity index (χ4n) is 5.61. The van der Waals surface area contributed by atoms with Gasteiger partial charge in [-0.2, -0.15) is 0 Å². The van der Waals surface area contributed by atoms with Gasteiger partial charge in [-0.15, -0.1) is 11.3 Å². The van der Waals surface area contributed by atoms with E-state index in [-0.39, 0.29) is 29.9 Å². The summed E-state index contributed by atoms with van der Waals surface area (Å²) in [5, 5.41) is 9.86. The molecule has 0 radical (unpaired) electrons. The summed E-state index contributed by atoms with van der Waals surface area (Å²) in [6, 6.07) is 16.5. The lowest BCUT2D eigenvalue weighted by molar-refractivity contribution is -0.122. The number of hydrogen-bond donors (Lipinski definition) is 3. The summed E-state index contributed by atoms with van der Waals surface area (Å²) < 4.78 is 5.97. The van der Waals surface area contributed by atoms with E-state index < -0.39 is 0 Å².